The molecular weight excluding hydrogens is 158 g/mol. The van der Waals surface area contributed by atoms with Gasteiger partial charge in [-0.2, -0.15) is 0 Å². The molecular formula is C9H20ClN. The second-order valence-corrected chi connectivity index (χ2v) is 3.91. The summed E-state index contributed by atoms with van der Waals surface area (Å²) in [5.41, 5.74) is 0. The first kappa shape index (κ1) is 11.2. The molecule has 2 heteroatoms. The van der Waals surface area contributed by atoms with Gasteiger partial charge in [0, 0.05) is 5.88 Å². The summed E-state index contributed by atoms with van der Waals surface area (Å²) in [7, 11) is 2.16. The molecule has 0 saturated heterocycles. The third kappa shape index (κ3) is 8.15. The lowest BCUT2D eigenvalue weighted by Gasteiger charge is -2.16. The lowest BCUT2D eigenvalue weighted by Crippen LogP contribution is -2.22. The van der Waals surface area contributed by atoms with Gasteiger partial charge in [0.15, 0.2) is 0 Å². The number of halogens is 1. The first-order valence-corrected chi connectivity index (χ1v) is 4.94. The second-order valence-electron chi connectivity index (χ2n) is 3.53. The van der Waals surface area contributed by atoms with Crippen molar-refractivity contribution < 1.29 is 0 Å². The molecule has 0 bridgehead atoms. The van der Waals surface area contributed by atoms with Crippen molar-refractivity contribution in [2.45, 2.75) is 26.7 Å². The molecule has 0 spiro atoms. The highest BCUT2D eigenvalue weighted by Crippen LogP contribution is 2.00. The van der Waals surface area contributed by atoms with Gasteiger partial charge in [0.05, 0.1) is 0 Å². The van der Waals surface area contributed by atoms with Crippen molar-refractivity contribution in [1.29, 1.82) is 0 Å². The smallest absolute Gasteiger partial charge is 0.0235 e. The van der Waals surface area contributed by atoms with Gasteiger partial charge in [-0.05, 0) is 38.9 Å². The van der Waals surface area contributed by atoms with Gasteiger partial charge in [-0.25, -0.2) is 0 Å². The fraction of sp³-hybridized carbons (Fsp3) is 1.00. The minimum Gasteiger partial charge on any atom is -0.306 e. The molecule has 0 radical (unpaired) electrons. The summed E-state index contributed by atoms with van der Waals surface area (Å²) in [6.45, 7) is 6.86. The molecule has 11 heavy (non-hydrogen) atoms. The Kier molecular flexibility index (Phi) is 7.09. The van der Waals surface area contributed by atoms with Gasteiger partial charge in [0.1, 0.15) is 0 Å². The minimum absolute atomic E-state index is 0.784. The summed E-state index contributed by atoms with van der Waals surface area (Å²) in [5.74, 6) is 1.60. The summed E-state index contributed by atoms with van der Waals surface area (Å²) in [6, 6.07) is 0. The van der Waals surface area contributed by atoms with Crippen molar-refractivity contribution in [3.63, 3.8) is 0 Å². The summed E-state index contributed by atoms with van der Waals surface area (Å²) in [4.78, 5) is 2.35. The molecule has 0 aromatic carbocycles. The lowest BCUT2D eigenvalue weighted by molar-refractivity contribution is 0.312. The maximum absolute atomic E-state index is 5.58. The Labute approximate surface area is 75.7 Å². The van der Waals surface area contributed by atoms with Crippen molar-refractivity contribution in [2.24, 2.45) is 5.92 Å². The molecule has 0 aromatic rings. The Morgan fingerprint density at radius 2 is 1.91 bits per heavy atom. The van der Waals surface area contributed by atoms with E-state index in [1.165, 1.54) is 13.0 Å². The van der Waals surface area contributed by atoms with Crippen molar-refractivity contribution in [3.05, 3.63) is 0 Å². The molecule has 0 aliphatic rings. The number of hydrogen-bond donors (Lipinski definition) is 0. The van der Waals surface area contributed by atoms with Crippen LogP contribution in [-0.4, -0.2) is 30.9 Å². The Bertz CT molecular complexity index is 83.6. The summed E-state index contributed by atoms with van der Waals surface area (Å²) < 4.78 is 0. The number of nitrogens with zero attached hydrogens (tertiary/aromatic N) is 1. The molecule has 0 aromatic heterocycles. The quantitative estimate of drug-likeness (QED) is 0.564. The predicted molar refractivity (Wildman–Crippen MR) is 52.3 cm³/mol. The van der Waals surface area contributed by atoms with Crippen LogP contribution in [0.4, 0.5) is 0 Å². The first-order valence-electron chi connectivity index (χ1n) is 4.41. The van der Waals surface area contributed by atoms with E-state index in [9.17, 15) is 0 Å². The summed E-state index contributed by atoms with van der Waals surface area (Å²) >= 11 is 5.58. The Morgan fingerprint density at radius 1 is 1.27 bits per heavy atom. The van der Waals surface area contributed by atoms with Gasteiger partial charge < -0.3 is 4.90 Å². The standard InChI is InChI=1S/C9H20ClN/c1-9(2)5-8-11(3)7-4-6-10/h9H,4-8H2,1-3H3. The van der Waals surface area contributed by atoms with Crippen molar-refractivity contribution >= 4 is 11.6 Å². The average Bonchev–Trinajstić information content (AvgIpc) is 1.97. The monoisotopic (exact) mass is 177 g/mol. The number of hydrogen-bond acceptors (Lipinski definition) is 1. The molecule has 0 saturated carbocycles. The van der Waals surface area contributed by atoms with Crippen LogP contribution >= 0.6 is 11.6 Å². The zero-order chi connectivity index (χ0) is 8.69. The van der Waals surface area contributed by atoms with Crippen molar-refractivity contribution in [2.75, 3.05) is 26.0 Å². The van der Waals surface area contributed by atoms with Crippen LogP contribution in [-0.2, 0) is 0 Å². The van der Waals surface area contributed by atoms with Crippen molar-refractivity contribution in [3.8, 4) is 0 Å². The van der Waals surface area contributed by atoms with Crippen LogP contribution in [0.2, 0.25) is 0 Å². The lowest BCUT2D eigenvalue weighted by atomic mass is 10.1. The average molecular weight is 178 g/mol. The Morgan fingerprint density at radius 3 is 2.36 bits per heavy atom. The second kappa shape index (κ2) is 6.93. The van der Waals surface area contributed by atoms with E-state index in [0.717, 1.165) is 24.8 Å². The third-order valence-electron chi connectivity index (χ3n) is 1.76. The van der Waals surface area contributed by atoms with Crippen molar-refractivity contribution in [1.82, 2.24) is 4.90 Å². The molecule has 1 nitrogen and oxygen atoms in total. The SMILES string of the molecule is CC(C)CCN(C)CCCCl. The molecule has 0 aliphatic carbocycles. The van der Waals surface area contributed by atoms with E-state index in [1.54, 1.807) is 0 Å². The van der Waals surface area contributed by atoms with Crippen LogP contribution in [0.5, 0.6) is 0 Å². The van der Waals surface area contributed by atoms with E-state index >= 15 is 0 Å². The van der Waals surface area contributed by atoms with Crippen LogP contribution in [0.3, 0.4) is 0 Å². The number of alkyl halides is 1. The van der Waals surface area contributed by atoms with E-state index in [0.29, 0.717) is 0 Å². The Balaban J connectivity index is 3.15. The zero-order valence-electron chi connectivity index (χ0n) is 7.94. The normalized spacial score (nSPS) is 11.5. The van der Waals surface area contributed by atoms with Gasteiger partial charge in [0.25, 0.3) is 0 Å². The van der Waals surface area contributed by atoms with E-state index in [-0.39, 0.29) is 0 Å². The van der Waals surface area contributed by atoms with E-state index in [2.05, 4.69) is 25.8 Å². The molecule has 0 amide bonds. The highest BCUT2D eigenvalue weighted by Gasteiger charge is 1.98. The van der Waals surface area contributed by atoms with Crippen LogP contribution in [0.15, 0.2) is 0 Å². The fourth-order valence-electron chi connectivity index (χ4n) is 0.920. The van der Waals surface area contributed by atoms with E-state index < -0.39 is 0 Å². The highest BCUT2D eigenvalue weighted by molar-refractivity contribution is 6.17. The summed E-state index contributed by atoms with van der Waals surface area (Å²) in [5, 5.41) is 0. The number of rotatable bonds is 6. The van der Waals surface area contributed by atoms with Gasteiger partial charge >= 0.3 is 0 Å². The molecule has 0 aliphatic heterocycles. The Hall–Kier alpha value is 0.250. The molecule has 0 fully saturated rings. The van der Waals surface area contributed by atoms with E-state index in [4.69, 9.17) is 11.6 Å². The van der Waals surface area contributed by atoms with Gasteiger partial charge in [-0.1, -0.05) is 13.8 Å². The highest BCUT2D eigenvalue weighted by atomic mass is 35.5. The van der Waals surface area contributed by atoms with Crippen LogP contribution in [0.1, 0.15) is 26.7 Å². The molecule has 68 valence electrons. The predicted octanol–water partition coefficient (Wildman–Crippen LogP) is 2.59. The molecule has 0 heterocycles. The molecule has 0 N–H and O–H groups in total. The van der Waals surface area contributed by atoms with E-state index in [1.807, 2.05) is 0 Å². The van der Waals surface area contributed by atoms with Gasteiger partial charge in [-0.3, -0.25) is 0 Å². The maximum Gasteiger partial charge on any atom is 0.0235 e. The largest absolute Gasteiger partial charge is 0.306 e. The van der Waals surface area contributed by atoms with Gasteiger partial charge in [-0.15, -0.1) is 11.6 Å². The first-order chi connectivity index (χ1) is 5.16. The van der Waals surface area contributed by atoms with Crippen LogP contribution in [0, 0.1) is 5.92 Å². The molecule has 0 rings (SSSR count). The molecule has 0 atom stereocenters. The fourth-order valence-corrected chi connectivity index (χ4v) is 1.04. The maximum atomic E-state index is 5.58. The minimum atomic E-state index is 0.784. The van der Waals surface area contributed by atoms with Gasteiger partial charge in [0.2, 0.25) is 0 Å². The van der Waals surface area contributed by atoms with Crippen LogP contribution < -0.4 is 0 Å². The zero-order valence-corrected chi connectivity index (χ0v) is 8.69. The topological polar surface area (TPSA) is 3.24 Å². The summed E-state index contributed by atoms with van der Waals surface area (Å²) in [6.07, 6.45) is 2.40. The molecule has 0 unspecified atom stereocenters. The third-order valence-corrected chi connectivity index (χ3v) is 2.03. The van der Waals surface area contributed by atoms with Crippen LogP contribution in [0.25, 0.3) is 0 Å².